The Morgan fingerprint density at radius 3 is 2.68 bits per heavy atom. The SMILES string of the molecule is CCNC(C)c1ccn(CCCc2ccccc2)c1. The lowest BCUT2D eigenvalue weighted by atomic mass is 10.1. The predicted octanol–water partition coefficient (Wildman–Crippen LogP) is 3.79. The molecule has 2 rings (SSSR count). The molecule has 0 aliphatic carbocycles. The van der Waals surface area contributed by atoms with Gasteiger partial charge in [-0.1, -0.05) is 37.3 Å². The molecule has 0 spiro atoms. The van der Waals surface area contributed by atoms with Crippen LogP contribution in [0.25, 0.3) is 0 Å². The molecule has 1 N–H and O–H groups in total. The van der Waals surface area contributed by atoms with Crippen molar-refractivity contribution < 1.29 is 0 Å². The monoisotopic (exact) mass is 256 g/mol. The zero-order chi connectivity index (χ0) is 13.5. The number of hydrogen-bond acceptors (Lipinski definition) is 1. The van der Waals surface area contributed by atoms with Crippen LogP contribution in [-0.2, 0) is 13.0 Å². The standard InChI is InChI=1S/C17H24N2/c1-3-18-15(2)17-11-13-19(14-17)12-7-10-16-8-5-4-6-9-16/h4-6,8-9,11,13-15,18H,3,7,10,12H2,1-2H3. The Morgan fingerprint density at radius 2 is 1.95 bits per heavy atom. The maximum absolute atomic E-state index is 3.44. The van der Waals surface area contributed by atoms with Gasteiger partial charge in [0.25, 0.3) is 0 Å². The largest absolute Gasteiger partial charge is 0.354 e. The van der Waals surface area contributed by atoms with Gasteiger partial charge in [-0.25, -0.2) is 0 Å². The van der Waals surface area contributed by atoms with Crippen molar-refractivity contribution >= 4 is 0 Å². The molecule has 0 fully saturated rings. The van der Waals surface area contributed by atoms with E-state index in [0.29, 0.717) is 6.04 Å². The van der Waals surface area contributed by atoms with Gasteiger partial charge in [-0.05, 0) is 43.5 Å². The molecule has 1 aromatic heterocycles. The smallest absolute Gasteiger partial charge is 0.0306 e. The zero-order valence-corrected chi connectivity index (χ0v) is 12.0. The third kappa shape index (κ3) is 4.25. The number of rotatable bonds is 7. The second kappa shape index (κ2) is 7.15. The molecule has 0 bridgehead atoms. The van der Waals surface area contributed by atoms with Crippen molar-refractivity contribution in [1.82, 2.24) is 9.88 Å². The molecule has 0 aliphatic heterocycles. The summed E-state index contributed by atoms with van der Waals surface area (Å²) in [7, 11) is 0. The van der Waals surface area contributed by atoms with Crippen LogP contribution in [0.15, 0.2) is 48.8 Å². The van der Waals surface area contributed by atoms with Gasteiger partial charge in [0.1, 0.15) is 0 Å². The predicted molar refractivity (Wildman–Crippen MR) is 81.3 cm³/mol. The Labute approximate surface area is 116 Å². The van der Waals surface area contributed by atoms with E-state index in [0.717, 1.165) is 19.5 Å². The molecule has 2 nitrogen and oxygen atoms in total. The highest BCUT2D eigenvalue weighted by Gasteiger charge is 2.04. The molecular formula is C17H24N2. The van der Waals surface area contributed by atoms with E-state index in [-0.39, 0.29) is 0 Å². The van der Waals surface area contributed by atoms with Gasteiger partial charge in [0, 0.05) is 25.0 Å². The van der Waals surface area contributed by atoms with Crippen LogP contribution in [-0.4, -0.2) is 11.1 Å². The summed E-state index contributed by atoms with van der Waals surface area (Å²) in [5.74, 6) is 0. The van der Waals surface area contributed by atoms with Crippen LogP contribution >= 0.6 is 0 Å². The lowest BCUT2D eigenvalue weighted by molar-refractivity contribution is 0.591. The van der Waals surface area contributed by atoms with Crippen LogP contribution in [0.1, 0.15) is 37.4 Å². The maximum atomic E-state index is 3.44. The van der Waals surface area contributed by atoms with Crippen molar-refractivity contribution in [2.24, 2.45) is 0 Å². The molecule has 0 amide bonds. The van der Waals surface area contributed by atoms with Crippen molar-refractivity contribution in [3.8, 4) is 0 Å². The Bertz CT molecular complexity index is 473. The fourth-order valence-corrected chi connectivity index (χ4v) is 2.39. The lowest BCUT2D eigenvalue weighted by Gasteiger charge is -2.10. The molecule has 0 saturated carbocycles. The quantitative estimate of drug-likeness (QED) is 0.797. The Kier molecular flexibility index (Phi) is 5.22. The first-order valence-corrected chi connectivity index (χ1v) is 7.22. The zero-order valence-electron chi connectivity index (χ0n) is 12.0. The summed E-state index contributed by atoms with van der Waals surface area (Å²) < 4.78 is 2.30. The second-order valence-corrected chi connectivity index (χ2v) is 5.05. The number of hydrogen-bond donors (Lipinski definition) is 1. The van der Waals surface area contributed by atoms with Crippen molar-refractivity contribution in [1.29, 1.82) is 0 Å². The number of benzene rings is 1. The van der Waals surface area contributed by atoms with Gasteiger partial charge in [-0.2, -0.15) is 0 Å². The Balaban J connectivity index is 1.80. The minimum atomic E-state index is 0.445. The van der Waals surface area contributed by atoms with Crippen molar-refractivity contribution in [2.75, 3.05) is 6.54 Å². The van der Waals surface area contributed by atoms with Crippen LogP contribution in [0.3, 0.4) is 0 Å². The Hall–Kier alpha value is -1.54. The van der Waals surface area contributed by atoms with Gasteiger partial charge in [0.05, 0.1) is 0 Å². The summed E-state index contributed by atoms with van der Waals surface area (Å²) in [5, 5.41) is 3.44. The highest BCUT2D eigenvalue weighted by atomic mass is 15.0. The summed E-state index contributed by atoms with van der Waals surface area (Å²) >= 11 is 0. The van der Waals surface area contributed by atoms with Gasteiger partial charge in [0.15, 0.2) is 0 Å². The highest BCUT2D eigenvalue weighted by Crippen LogP contribution is 2.13. The first kappa shape index (κ1) is 13.9. The molecular weight excluding hydrogens is 232 g/mol. The van der Waals surface area contributed by atoms with E-state index >= 15 is 0 Å². The van der Waals surface area contributed by atoms with Gasteiger partial charge in [-0.3, -0.25) is 0 Å². The van der Waals surface area contributed by atoms with E-state index in [4.69, 9.17) is 0 Å². The number of aromatic nitrogens is 1. The molecule has 0 saturated heterocycles. The van der Waals surface area contributed by atoms with Gasteiger partial charge in [-0.15, -0.1) is 0 Å². The number of aryl methyl sites for hydroxylation is 2. The van der Waals surface area contributed by atoms with Crippen molar-refractivity contribution in [2.45, 2.75) is 39.3 Å². The van der Waals surface area contributed by atoms with E-state index in [1.165, 1.54) is 17.5 Å². The minimum absolute atomic E-state index is 0.445. The molecule has 1 heterocycles. The summed E-state index contributed by atoms with van der Waals surface area (Å²) in [5.41, 5.74) is 2.80. The van der Waals surface area contributed by atoms with E-state index in [1.54, 1.807) is 0 Å². The van der Waals surface area contributed by atoms with Crippen LogP contribution in [0.2, 0.25) is 0 Å². The maximum Gasteiger partial charge on any atom is 0.0306 e. The molecule has 2 heteroatoms. The number of nitrogens with one attached hydrogen (secondary N) is 1. The third-order valence-corrected chi connectivity index (χ3v) is 3.51. The fraction of sp³-hybridized carbons (Fsp3) is 0.412. The van der Waals surface area contributed by atoms with E-state index < -0.39 is 0 Å². The van der Waals surface area contributed by atoms with Crippen molar-refractivity contribution in [3.05, 3.63) is 59.9 Å². The Morgan fingerprint density at radius 1 is 1.16 bits per heavy atom. The summed E-state index contributed by atoms with van der Waals surface area (Å²) in [4.78, 5) is 0. The highest BCUT2D eigenvalue weighted by molar-refractivity contribution is 5.16. The fourth-order valence-electron chi connectivity index (χ4n) is 2.39. The van der Waals surface area contributed by atoms with Crippen LogP contribution in [0.4, 0.5) is 0 Å². The minimum Gasteiger partial charge on any atom is -0.354 e. The van der Waals surface area contributed by atoms with Gasteiger partial charge < -0.3 is 9.88 Å². The van der Waals surface area contributed by atoms with E-state index in [9.17, 15) is 0 Å². The topological polar surface area (TPSA) is 17.0 Å². The normalized spacial score (nSPS) is 12.5. The molecule has 2 aromatic rings. The van der Waals surface area contributed by atoms with Crippen LogP contribution in [0.5, 0.6) is 0 Å². The van der Waals surface area contributed by atoms with Crippen LogP contribution < -0.4 is 5.32 Å². The average Bonchev–Trinajstić information content (AvgIpc) is 2.89. The van der Waals surface area contributed by atoms with Gasteiger partial charge >= 0.3 is 0 Å². The van der Waals surface area contributed by atoms with Gasteiger partial charge in [0.2, 0.25) is 0 Å². The van der Waals surface area contributed by atoms with Crippen molar-refractivity contribution in [3.63, 3.8) is 0 Å². The molecule has 1 unspecified atom stereocenters. The summed E-state index contributed by atoms with van der Waals surface area (Å²) in [6.07, 6.45) is 6.79. The van der Waals surface area contributed by atoms with E-state index in [2.05, 4.69) is 72.5 Å². The lowest BCUT2D eigenvalue weighted by Crippen LogP contribution is -2.17. The molecule has 1 aromatic carbocycles. The summed E-state index contributed by atoms with van der Waals surface area (Å²) in [6, 6.07) is 13.4. The second-order valence-electron chi connectivity index (χ2n) is 5.05. The molecule has 1 atom stereocenters. The molecule has 102 valence electrons. The molecule has 0 aliphatic rings. The first-order valence-electron chi connectivity index (χ1n) is 7.22. The summed E-state index contributed by atoms with van der Waals surface area (Å²) in [6.45, 7) is 6.47. The number of nitrogens with zero attached hydrogens (tertiary/aromatic N) is 1. The first-order chi connectivity index (χ1) is 9.29. The average molecular weight is 256 g/mol. The van der Waals surface area contributed by atoms with Crippen LogP contribution in [0, 0.1) is 0 Å². The third-order valence-electron chi connectivity index (χ3n) is 3.51. The van der Waals surface area contributed by atoms with E-state index in [1.807, 2.05) is 0 Å². The molecule has 0 radical (unpaired) electrons. The molecule has 19 heavy (non-hydrogen) atoms.